The van der Waals surface area contributed by atoms with Crippen molar-refractivity contribution in [3.05, 3.63) is 20.8 Å². The van der Waals surface area contributed by atoms with E-state index >= 15 is 0 Å². The fourth-order valence-electron chi connectivity index (χ4n) is 3.48. The number of nitrogens with two attached hydrogens (primary N) is 1. The molecule has 28 heavy (non-hydrogen) atoms. The van der Waals surface area contributed by atoms with Gasteiger partial charge in [-0.15, -0.1) is 11.3 Å². The minimum absolute atomic E-state index is 0.00360. The quantitative estimate of drug-likeness (QED) is 0.590. The van der Waals surface area contributed by atoms with Crippen LogP contribution in [-0.4, -0.2) is 45.1 Å². The maximum absolute atomic E-state index is 13.0. The van der Waals surface area contributed by atoms with Crippen LogP contribution in [0.5, 0.6) is 0 Å². The smallest absolute Gasteiger partial charge is 0.263 e. The van der Waals surface area contributed by atoms with Crippen LogP contribution in [0.2, 0.25) is 0 Å². The van der Waals surface area contributed by atoms with Crippen LogP contribution in [0.15, 0.2) is 9.95 Å². The lowest BCUT2D eigenvalue weighted by Gasteiger charge is -2.30. The van der Waals surface area contributed by atoms with Gasteiger partial charge in [0.25, 0.3) is 5.56 Å². The Morgan fingerprint density at radius 2 is 1.93 bits per heavy atom. The van der Waals surface area contributed by atoms with Crippen LogP contribution in [0.25, 0.3) is 10.2 Å². The van der Waals surface area contributed by atoms with Gasteiger partial charge in [0.05, 0.1) is 11.1 Å². The van der Waals surface area contributed by atoms with Gasteiger partial charge in [-0.1, -0.05) is 11.8 Å². The number of amides is 2. The summed E-state index contributed by atoms with van der Waals surface area (Å²) in [7, 11) is 0. The first kappa shape index (κ1) is 20.9. The molecule has 0 unspecified atom stereocenters. The van der Waals surface area contributed by atoms with E-state index in [0.717, 1.165) is 15.3 Å². The van der Waals surface area contributed by atoms with Crippen molar-refractivity contribution >= 4 is 45.1 Å². The molecule has 0 bridgehead atoms. The van der Waals surface area contributed by atoms with E-state index in [9.17, 15) is 14.4 Å². The van der Waals surface area contributed by atoms with E-state index in [2.05, 4.69) is 0 Å². The molecule has 0 saturated carbocycles. The lowest BCUT2D eigenvalue weighted by atomic mass is 9.96. The number of fused-ring (bicyclic) bond motifs is 1. The van der Waals surface area contributed by atoms with Crippen LogP contribution in [0.1, 0.15) is 43.2 Å². The molecule has 0 spiro atoms. The van der Waals surface area contributed by atoms with Gasteiger partial charge in [-0.05, 0) is 46.1 Å². The summed E-state index contributed by atoms with van der Waals surface area (Å²) < 4.78 is 1.68. The number of rotatable bonds is 5. The average molecular weight is 423 g/mol. The highest BCUT2D eigenvalue weighted by Gasteiger charge is 2.26. The van der Waals surface area contributed by atoms with Crippen LogP contribution in [0.3, 0.4) is 0 Å². The number of carbonyl (C=O) groups excluding carboxylic acids is 2. The summed E-state index contributed by atoms with van der Waals surface area (Å²) in [5.74, 6) is -0.218. The van der Waals surface area contributed by atoms with Gasteiger partial charge in [0.1, 0.15) is 4.83 Å². The van der Waals surface area contributed by atoms with Gasteiger partial charge >= 0.3 is 0 Å². The number of piperidine rings is 1. The fraction of sp³-hybridized carbons (Fsp3) is 0.579. The third kappa shape index (κ3) is 3.96. The van der Waals surface area contributed by atoms with E-state index in [1.165, 1.54) is 23.1 Å². The first-order valence-electron chi connectivity index (χ1n) is 9.42. The lowest BCUT2D eigenvalue weighted by Crippen LogP contribution is -2.42. The topological polar surface area (TPSA) is 98.3 Å². The molecule has 0 radical (unpaired) electrons. The first-order chi connectivity index (χ1) is 13.2. The number of aromatic nitrogens is 2. The molecule has 9 heteroatoms. The Kier molecular flexibility index (Phi) is 6.14. The van der Waals surface area contributed by atoms with E-state index < -0.39 is 0 Å². The highest BCUT2D eigenvalue weighted by Crippen LogP contribution is 2.29. The molecular weight excluding hydrogens is 396 g/mol. The maximum atomic E-state index is 13.0. The van der Waals surface area contributed by atoms with E-state index in [1.807, 2.05) is 27.7 Å². The van der Waals surface area contributed by atoms with Crippen LogP contribution >= 0.6 is 23.1 Å². The third-order valence-corrected chi connectivity index (χ3v) is 7.33. The molecule has 1 fully saturated rings. The summed E-state index contributed by atoms with van der Waals surface area (Å²) >= 11 is 2.82. The Bertz CT molecular complexity index is 972. The fourth-order valence-corrected chi connectivity index (χ4v) is 5.58. The van der Waals surface area contributed by atoms with Crippen molar-refractivity contribution in [1.82, 2.24) is 14.5 Å². The monoisotopic (exact) mass is 422 g/mol. The van der Waals surface area contributed by atoms with E-state index in [0.29, 0.717) is 36.5 Å². The zero-order valence-electron chi connectivity index (χ0n) is 16.7. The van der Waals surface area contributed by atoms with Gasteiger partial charge in [-0.2, -0.15) is 0 Å². The van der Waals surface area contributed by atoms with E-state index in [1.54, 1.807) is 9.47 Å². The summed E-state index contributed by atoms with van der Waals surface area (Å²) in [5, 5.41) is 1.26. The number of thioether (sulfide) groups is 1. The van der Waals surface area contributed by atoms with Crippen LogP contribution in [0, 0.1) is 19.8 Å². The number of aryl methyl sites for hydroxylation is 2. The summed E-state index contributed by atoms with van der Waals surface area (Å²) in [6.45, 7) is 8.92. The molecule has 1 saturated heterocycles. The molecule has 2 amide bonds. The molecule has 0 aromatic carbocycles. The minimum Gasteiger partial charge on any atom is -0.369 e. The predicted molar refractivity (Wildman–Crippen MR) is 113 cm³/mol. The van der Waals surface area contributed by atoms with Crippen molar-refractivity contribution < 1.29 is 9.59 Å². The molecule has 0 atom stereocenters. The standard InChI is InChI=1S/C19H26N4O3S2/c1-10(2)23-18(26)15-11(3)12(4)28-17(15)21-19(23)27-9-14(24)22-7-5-13(6-8-22)16(20)25/h10,13H,5-9H2,1-4H3,(H2,20,25). The van der Waals surface area contributed by atoms with Crippen LogP contribution in [-0.2, 0) is 9.59 Å². The van der Waals surface area contributed by atoms with Gasteiger partial charge < -0.3 is 10.6 Å². The van der Waals surface area contributed by atoms with E-state index in [4.69, 9.17) is 10.7 Å². The Labute approximate surface area is 172 Å². The molecule has 3 heterocycles. The van der Waals surface area contributed by atoms with Crippen LogP contribution < -0.4 is 11.3 Å². The summed E-state index contributed by atoms with van der Waals surface area (Å²) in [5.41, 5.74) is 6.29. The second-order valence-electron chi connectivity index (χ2n) is 7.47. The molecule has 2 aromatic heterocycles. The van der Waals surface area contributed by atoms with Crippen LogP contribution in [0.4, 0.5) is 0 Å². The number of likely N-dealkylation sites (tertiary alicyclic amines) is 1. The molecule has 7 nitrogen and oxygen atoms in total. The summed E-state index contributed by atoms with van der Waals surface area (Å²) in [6, 6.07) is -0.0482. The maximum Gasteiger partial charge on any atom is 0.263 e. The third-order valence-electron chi connectivity index (χ3n) is 5.29. The molecular formula is C19H26N4O3S2. The highest BCUT2D eigenvalue weighted by atomic mass is 32.2. The summed E-state index contributed by atoms with van der Waals surface area (Å²) in [6.07, 6.45) is 1.22. The molecule has 2 aromatic rings. The predicted octanol–water partition coefficient (Wildman–Crippen LogP) is 2.47. The van der Waals surface area contributed by atoms with Crippen molar-refractivity contribution in [2.24, 2.45) is 11.7 Å². The van der Waals surface area contributed by atoms with Gasteiger partial charge in [-0.3, -0.25) is 19.0 Å². The first-order valence-corrected chi connectivity index (χ1v) is 11.2. The van der Waals surface area contributed by atoms with Gasteiger partial charge in [0, 0.05) is 29.9 Å². The molecule has 0 aliphatic carbocycles. The van der Waals surface area contributed by atoms with Gasteiger partial charge in [0.2, 0.25) is 11.8 Å². The molecule has 1 aliphatic heterocycles. The number of primary amides is 1. The normalized spacial score (nSPS) is 15.5. The number of nitrogens with zero attached hydrogens (tertiary/aromatic N) is 3. The second-order valence-corrected chi connectivity index (χ2v) is 9.62. The van der Waals surface area contributed by atoms with Gasteiger partial charge in [0.15, 0.2) is 5.16 Å². The number of hydrogen-bond donors (Lipinski definition) is 1. The number of carbonyl (C=O) groups is 2. The lowest BCUT2D eigenvalue weighted by molar-refractivity contribution is -0.132. The largest absolute Gasteiger partial charge is 0.369 e. The minimum atomic E-state index is -0.290. The van der Waals surface area contributed by atoms with Crippen molar-refractivity contribution in [2.75, 3.05) is 18.8 Å². The molecule has 152 valence electrons. The van der Waals surface area contributed by atoms with Crippen molar-refractivity contribution in [3.8, 4) is 0 Å². The Balaban J connectivity index is 1.79. The van der Waals surface area contributed by atoms with E-state index in [-0.39, 0.29) is 35.1 Å². The zero-order valence-corrected chi connectivity index (χ0v) is 18.3. The molecule has 2 N–H and O–H groups in total. The Morgan fingerprint density at radius 1 is 1.29 bits per heavy atom. The van der Waals surface area contributed by atoms with Gasteiger partial charge in [-0.25, -0.2) is 4.98 Å². The van der Waals surface area contributed by atoms with Crippen molar-refractivity contribution in [3.63, 3.8) is 0 Å². The SMILES string of the molecule is Cc1sc2nc(SCC(=O)N3CCC(C(N)=O)CC3)n(C(C)C)c(=O)c2c1C. The highest BCUT2D eigenvalue weighted by molar-refractivity contribution is 7.99. The summed E-state index contributed by atoms with van der Waals surface area (Å²) in [4.78, 5) is 45.2. The van der Waals surface area contributed by atoms with Crippen molar-refractivity contribution in [2.45, 2.75) is 51.7 Å². The number of hydrogen-bond acceptors (Lipinski definition) is 6. The average Bonchev–Trinajstić information content (AvgIpc) is 2.93. The van der Waals surface area contributed by atoms with Crippen molar-refractivity contribution in [1.29, 1.82) is 0 Å². The Hall–Kier alpha value is -1.87. The zero-order chi connectivity index (χ0) is 20.6. The second kappa shape index (κ2) is 8.24. The Morgan fingerprint density at radius 3 is 2.50 bits per heavy atom. The number of thiophene rings is 1. The molecule has 1 aliphatic rings. The molecule has 3 rings (SSSR count).